The number of quaternary nitrogens is 1. The second-order valence-corrected chi connectivity index (χ2v) is 5.89. The second-order valence-electron chi connectivity index (χ2n) is 5.89. The van der Waals surface area contributed by atoms with Gasteiger partial charge >= 0.3 is 0 Å². The molecule has 0 spiro atoms. The number of nitrogens with two attached hydrogens (primary N) is 1. The van der Waals surface area contributed by atoms with Crippen LogP contribution in [0.1, 0.15) is 51.4 Å². The summed E-state index contributed by atoms with van der Waals surface area (Å²) in [5, 5.41) is 17.3. The van der Waals surface area contributed by atoms with Gasteiger partial charge in [0.2, 0.25) is 0 Å². The van der Waals surface area contributed by atoms with Gasteiger partial charge in [-0.3, -0.25) is 0 Å². The highest BCUT2D eigenvalue weighted by atomic mass is 35.5. The molecular weight excluding hydrogens is 280 g/mol. The molecule has 0 rings (SSSR count). The Morgan fingerprint density at radius 3 is 1.55 bits per heavy atom. The Kier molecular flexibility index (Phi) is 20.3. The van der Waals surface area contributed by atoms with Crippen molar-refractivity contribution in [2.75, 3.05) is 34.3 Å². The fraction of sp³-hybridized carbons (Fsp3) is 0.929. The number of hydrogen-bond donors (Lipinski definition) is 2. The van der Waals surface area contributed by atoms with Gasteiger partial charge in [-0.1, -0.05) is 32.1 Å². The molecule has 0 aromatic rings. The summed E-state index contributed by atoms with van der Waals surface area (Å²) in [5.74, 6) is 0. The van der Waals surface area contributed by atoms with E-state index >= 15 is 0 Å². The van der Waals surface area contributed by atoms with Crippen molar-refractivity contribution in [1.29, 1.82) is 0 Å². The van der Waals surface area contributed by atoms with Gasteiger partial charge in [0.25, 0.3) is 0 Å². The van der Waals surface area contributed by atoms with Crippen LogP contribution < -0.4 is 10.8 Å². The maximum absolute atomic E-state index is 8.67. The van der Waals surface area contributed by atoms with Gasteiger partial charge in [0.05, 0.1) is 27.7 Å². The van der Waals surface area contributed by atoms with Crippen molar-refractivity contribution in [3.63, 3.8) is 0 Å². The summed E-state index contributed by atoms with van der Waals surface area (Å²) < 4.78 is 1.09. The van der Waals surface area contributed by atoms with Gasteiger partial charge in [-0.2, -0.15) is 0 Å². The first-order valence-electron chi connectivity index (χ1n) is 7.17. The summed E-state index contributed by atoms with van der Waals surface area (Å²) in [7, 11) is 6.78. The average molecular weight is 313 g/mol. The van der Waals surface area contributed by atoms with Crippen LogP contribution in [0.5, 0.6) is 0 Å². The van der Waals surface area contributed by atoms with E-state index in [1.54, 1.807) is 0 Å². The molecule has 0 aliphatic rings. The van der Waals surface area contributed by atoms with Crippen LogP contribution in [-0.2, 0) is 0 Å². The third kappa shape index (κ3) is 36.0. The molecule has 124 valence electrons. The van der Waals surface area contributed by atoms with E-state index in [0.29, 0.717) is 6.61 Å². The third-order valence-electron chi connectivity index (χ3n) is 2.74. The summed E-state index contributed by atoms with van der Waals surface area (Å²) in [4.78, 5) is 8.67. The largest absolute Gasteiger partial charge is 0.530 e. The third-order valence-corrected chi connectivity index (χ3v) is 2.74. The maximum atomic E-state index is 8.67. The zero-order valence-corrected chi connectivity index (χ0v) is 14.1. The molecule has 0 aliphatic heterocycles. The van der Waals surface area contributed by atoms with Crippen LogP contribution in [0.4, 0.5) is 4.79 Å². The van der Waals surface area contributed by atoms with E-state index in [1.165, 1.54) is 51.5 Å². The highest BCUT2D eigenvalue weighted by molar-refractivity contribution is 5.85. The van der Waals surface area contributed by atoms with E-state index in [0.717, 1.165) is 10.9 Å². The quantitative estimate of drug-likeness (QED) is 0.473. The molecule has 0 fully saturated rings. The van der Waals surface area contributed by atoms with E-state index in [4.69, 9.17) is 15.0 Å². The highest BCUT2D eigenvalue weighted by Crippen LogP contribution is 2.09. The number of hydrogen-bond acceptors (Lipinski definition) is 3. The smallest absolute Gasteiger partial charge is 0.131 e. The van der Waals surface area contributed by atoms with E-state index in [1.807, 2.05) is 0 Å². The average Bonchev–Trinajstić information content (AvgIpc) is 2.24. The van der Waals surface area contributed by atoms with E-state index in [-0.39, 0.29) is 12.4 Å². The monoisotopic (exact) mass is 312 g/mol. The normalized spacial score (nSPS) is 10.2. The zero-order chi connectivity index (χ0) is 15.1. The van der Waals surface area contributed by atoms with Gasteiger partial charge in [0, 0.05) is 6.61 Å². The molecule has 1 amide bonds. The van der Waals surface area contributed by atoms with Gasteiger partial charge in [-0.15, -0.1) is 12.4 Å². The molecule has 0 saturated heterocycles. The van der Waals surface area contributed by atoms with E-state index in [9.17, 15) is 0 Å². The van der Waals surface area contributed by atoms with Crippen molar-refractivity contribution in [3.8, 4) is 0 Å². The standard InChI is InChI=1S/C13H30NO.CH3NO2.ClH/c1-14(2,3)12-10-8-6-4-5-7-9-11-13-15;2-1(3)4;/h15H,4-13H2,1-3H3;2H2,(H,3,4);1H/q+1;;/p-1. The molecule has 0 aromatic heterocycles. The van der Waals surface area contributed by atoms with E-state index in [2.05, 4.69) is 26.9 Å². The fourth-order valence-electron chi connectivity index (χ4n) is 1.76. The minimum atomic E-state index is -1.58. The summed E-state index contributed by atoms with van der Waals surface area (Å²) >= 11 is 0. The van der Waals surface area contributed by atoms with Crippen molar-refractivity contribution >= 4 is 18.5 Å². The first kappa shape index (κ1) is 24.5. The molecule has 0 bridgehead atoms. The topological polar surface area (TPSA) is 86.4 Å². The summed E-state index contributed by atoms with van der Waals surface area (Å²) in [5.41, 5.74) is 3.92. The Morgan fingerprint density at radius 1 is 0.950 bits per heavy atom. The predicted molar refractivity (Wildman–Crippen MR) is 83.8 cm³/mol. The van der Waals surface area contributed by atoms with Crippen LogP contribution in [0.2, 0.25) is 0 Å². The van der Waals surface area contributed by atoms with Gasteiger partial charge in [0.1, 0.15) is 6.09 Å². The van der Waals surface area contributed by atoms with Crippen LogP contribution in [0.3, 0.4) is 0 Å². The van der Waals surface area contributed by atoms with Crippen molar-refractivity contribution in [1.82, 2.24) is 0 Å². The molecule has 0 aromatic carbocycles. The van der Waals surface area contributed by atoms with Crippen LogP contribution in [0, 0.1) is 0 Å². The van der Waals surface area contributed by atoms with Gasteiger partial charge in [0.15, 0.2) is 0 Å². The number of primary amides is 1. The number of aliphatic hydroxyl groups is 1. The minimum Gasteiger partial charge on any atom is -0.530 e. The van der Waals surface area contributed by atoms with Crippen molar-refractivity contribution in [3.05, 3.63) is 0 Å². The molecule has 0 radical (unpaired) electrons. The molecule has 3 N–H and O–H groups in total. The molecule has 20 heavy (non-hydrogen) atoms. The number of unbranched alkanes of at least 4 members (excludes halogenated alkanes) is 7. The molecular formula is C14H33ClN2O3. The molecule has 0 aliphatic carbocycles. The van der Waals surface area contributed by atoms with Crippen LogP contribution in [0.15, 0.2) is 0 Å². The molecule has 0 heterocycles. The van der Waals surface area contributed by atoms with Gasteiger partial charge in [-0.25, -0.2) is 0 Å². The number of amides is 1. The number of rotatable bonds is 10. The number of aliphatic hydroxyl groups excluding tert-OH is 1. The number of carboxylic acid groups (broad SMARTS) is 1. The number of halogens is 1. The Balaban J connectivity index is -0.000000508. The summed E-state index contributed by atoms with van der Waals surface area (Å²) in [6.07, 6.45) is 8.77. The first-order chi connectivity index (χ1) is 8.79. The second kappa shape index (κ2) is 16.5. The van der Waals surface area contributed by atoms with Crippen LogP contribution in [-0.4, -0.2) is 50.0 Å². The lowest BCUT2D eigenvalue weighted by Gasteiger charge is -2.23. The van der Waals surface area contributed by atoms with Crippen molar-refractivity contribution < 1.29 is 19.5 Å². The molecule has 0 unspecified atom stereocenters. The Hall–Kier alpha value is -0.520. The minimum absolute atomic E-state index is 0. The molecule has 0 saturated carbocycles. The van der Waals surface area contributed by atoms with Crippen LogP contribution >= 0.6 is 12.4 Å². The van der Waals surface area contributed by atoms with Crippen molar-refractivity contribution in [2.45, 2.75) is 51.4 Å². The predicted octanol–water partition coefficient (Wildman–Crippen LogP) is 1.52. The van der Waals surface area contributed by atoms with E-state index < -0.39 is 6.09 Å². The summed E-state index contributed by atoms with van der Waals surface area (Å²) in [6.45, 7) is 1.66. The molecule has 5 nitrogen and oxygen atoms in total. The first-order valence-corrected chi connectivity index (χ1v) is 7.17. The van der Waals surface area contributed by atoms with Crippen molar-refractivity contribution in [2.24, 2.45) is 5.73 Å². The van der Waals surface area contributed by atoms with Crippen LogP contribution in [0.25, 0.3) is 0 Å². The Labute approximate surface area is 130 Å². The SMILES string of the molecule is C[N+](C)(C)CCCCCCCCCCO.Cl.NC(=O)[O-]. The lowest BCUT2D eigenvalue weighted by molar-refractivity contribution is -0.870. The Bertz CT molecular complexity index is 205. The summed E-state index contributed by atoms with van der Waals surface area (Å²) in [6, 6.07) is 0. The number of carbonyl (C=O) groups is 1. The number of nitrogens with zero attached hydrogens (tertiary/aromatic N) is 1. The Morgan fingerprint density at radius 2 is 1.25 bits per heavy atom. The fourth-order valence-corrected chi connectivity index (χ4v) is 1.76. The lowest BCUT2D eigenvalue weighted by atomic mass is 10.1. The number of carbonyl (C=O) groups excluding carboxylic acids is 1. The zero-order valence-electron chi connectivity index (χ0n) is 13.3. The lowest BCUT2D eigenvalue weighted by Crippen LogP contribution is -2.35. The maximum Gasteiger partial charge on any atom is 0.131 e. The van der Waals surface area contributed by atoms with Gasteiger partial charge < -0.3 is 25.2 Å². The highest BCUT2D eigenvalue weighted by Gasteiger charge is 2.04. The molecule has 6 heteroatoms. The van der Waals surface area contributed by atoms with Gasteiger partial charge in [-0.05, 0) is 19.3 Å². The molecule has 0 atom stereocenters.